The average Bonchev–Trinajstić information content (AvgIpc) is 2.73. The van der Waals surface area contributed by atoms with Crippen LogP contribution in [0.25, 0.3) is 0 Å². The lowest BCUT2D eigenvalue weighted by Crippen LogP contribution is -2.49. The number of rotatable bonds is 5. The third kappa shape index (κ3) is 3.92. The maximum Gasteiger partial charge on any atom is 0.173 e. The molecule has 1 atom stereocenters. The highest BCUT2D eigenvalue weighted by Crippen LogP contribution is 2.37. The highest BCUT2D eigenvalue weighted by molar-refractivity contribution is 7.80. The lowest BCUT2D eigenvalue weighted by molar-refractivity contribution is -0.116. The van der Waals surface area contributed by atoms with E-state index < -0.39 is 0 Å². The Balaban J connectivity index is 1.56. The van der Waals surface area contributed by atoms with Crippen molar-refractivity contribution in [3.63, 3.8) is 0 Å². The van der Waals surface area contributed by atoms with E-state index in [1.54, 1.807) is 0 Å². The van der Waals surface area contributed by atoms with Crippen LogP contribution in [0, 0.1) is 6.92 Å². The number of carbonyl (C=O) groups is 1. The number of benzene rings is 2. The first kappa shape index (κ1) is 19.6. The van der Waals surface area contributed by atoms with E-state index in [1.165, 1.54) is 11.1 Å². The lowest BCUT2D eigenvalue weighted by atomic mass is 9.85. The second-order valence-electron chi connectivity index (χ2n) is 7.55. The third-order valence-corrected chi connectivity index (χ3v) is 6.08. The number of thiocarbonyl (C=S) groups is 1. The van der Waals surface area contributed by atoms with Crippen molar-refractivity contribution in [1.29, 1.82) is 0 Å². The highest BCUT2D eigenvalue weighted by Gasteiger charge is 2.36. The summed E-state index contributed by atoms with van der Waals surface area (Å²) < 4.78 is 5.97. The van der Waals surface area contributed by atoms with Gasteiger partial charge in [-0.2, -0.15) is 0 Å². The normalized spacial score (nSPS) is 19.1. The molecule has 0 aromatic heterocycles. The van der Waals surface area contributed by atoms with E-state index in [1.807, 2.05) is 36.4 Å². The summed E-state index contributed by atoms with van der Waals surface area (Å²) in [6, 6.07) is 16.0. The van der Waals surface area contributed by atoms with E-state index >= 15 is 0 Å². The van der Waals surface area contributed by atoms with Crippen molar-refractivity contribution in [3.8, 4) is 5.75 Å². The second kappa shape index (κ2) is 8.37. The molecular formula is C24H26N2O2S. The topological polar surface area (TPSA) is 41.6 Å². The van der Waals surface area contributed by atoms with Gasteiger partial charge >= 0.3 is 0 Å². The van der Waals surface area contributed by atoms with Crippen molar-refractivity contribution in [3.05, 3.63) is 76.5 Å². The molecular weight excluding hydrogens is 380 g/mol. The fraction of sp³-hybridized carbons (Fsp3) is 0.333. The van der Waals surface area contributed by atoms with Crippen LogP contribution in [0.3, 0.4) is 0 Å². The molecule has 0 fully saturated rings. The minimum absolute atomic E-state index is 0.182. The predicted octanol–water partition coefficient (Wildman–Crippen LogP) is 4.83. The van der Waals surface area contributed by atoms with E-state index in [-0.39, 0.29) is 11.8 Å². The summed E-state index contributed by atoms with van der Waals surface area (Å²) in [5, 5.41) is 4.09. The number of nitrogens with one attached hydrogen (secondary N) is 1. The fourth-order valence-corrected chi connectivity index (χ4v) is 4.48. The van der Waals surface area contributed by atoms with Crippen molar-refractivity contribution in [2.45, 2.75) is 45.8 Å². The molecule has 1 aliphatic carbocycles. The average molecular weight is 407 g/mol. The molecule has 0 saturated carbocycles. The molecule has 2 aliphatic rings. The van der Waals surface area contributed by atoms with Crippen LogP contribution in [0.4, 0.5) is 0 Å². The molecule has 4 nitrogen and oxygen atoms in total. The Morgan fingerprint density at radius 3 is 2.62 bits per heavy atom. The van der Waals surface area contributed by atoms with Crippen LogP contribution in [0.1, 0.15) is 48.9 Å². The summed E-state index contributed by atoms with van der Waals surface area (Å²) in [5.41, 5.74) is 5.41. The minimum atomic E-state index is -0.182. The molecule has 5 heteroatoms. The second-order valence-corrected chi connectivity index (χ2v) is 7.93. The van der Waals surface area contributed by atoms with Crippen molar-refractivity contribution in [2.24, 2.45) is 0 Å². The molecule has 1 heterocycles. The first-order chi connectivity index (χ1) is 14.1. The number of hydrogen-bond donors (Lipinski definition) is 1. The van der Waals surface area contributed by atoms with Gasteiger partial charge in [-0.1, -0.05) is 36.4 Å². The van der Waals surface area contributed by atoms with Gasteiger partial charge in [-0.05, 0) is 67.7 Å². The van der Waals surface area contributed by atoms with Gasteiger partial charge in [-0.25, -0.2) is 0 Å². The quantitative estimate of drug-likeness (QED) is 0.720. The van der Waals surface area contributed by atoms with Crippen LogP contribution in [0.5, 0.6) is 5.75 Å². The molecule has 150 valence electrons. The Bertz CT molecular complexity index is 965. The summed E-state index contributed by atoms with van der Waals surface area (Å²) in [4.78, 5) is 14.8. The predicted molar refractivity (Wildman–Crippen MR) is 119 cm³/mol. The van der Waals surface area contributed by atoms with E-state index in [4.69, 9.17) is 17.0 Å². The zero-order chi connectivity index (χ0) is 20.4. The van der Waals surface area contributed by atoms with Crippen LogP contribution < -0.4 is 10.1 Å². The highest BCUT2D eigenvalue weighted by atomic mass is 32.1. The Hall–Kier alpha value is -2.66. The molecule has 0 amide bonds. The standard InChI is InChI=1S/C24H26N2O2S/c1-3-26-20-9-6-10-21(27)22(20)23(25-24(26)29)17-11-13-19(14-12-17)28-15-18-8-5-4-7-16(18)2/h4-5,7-8,11-14,23H,3,6,9-10,15H2,1-2H3,(H,25,29). The molecule has 1 aliphatic heterocycles. The summed E-state index contributed by atoms with van der Waals surface area (Å²) in [6.07, 6.45) is 2.42. The monoisotopic (exact) mass is 406 g/mol. The number of nitrogens with zero attached hydrogens (tertiary/aromatic N) is 1. The van der Waals surface area contributed by atoms with E-state index in [9.17, 15) is 4.79 Å². The van der Waals surface area contributed by atoms with Gasteiger partial charge in [-0.15, -0.1) is 0 Å². The summed E-state index contributed by atoms with van der Waals surface area (Å²) >= 11 is 5.59. The first-order valence-corrected chi connectivity index (χ1v) is 10.6. The number of hydrogen-bond acceptors (Lipinski definition) is 3. The van der Waals surface area contributed by atoms with Gasteiger partial charge in [-0.3, -0.25) is 4.79 Å². The number of ketones is 1. The third-order valence-electron chi connectivity index (χ3n) is 5.74. The molecule has 29 heavy (non-hydrogen) atoms. The molecule has 4 rings (SSSR count). The molecule has 0 bridgehead atoms. The van der Waals surface area contributed by atoms with E-state index in [0.29, 0.717) is 18.1 Å². The summed E-state index contributed by atoms with van der Waals surface area (Å²) in [7, 11) is 0. The molecule has 2 aromatic carbocycles. The molecule has 2 aromatic rings. The number of carbonyl (C=O) groups excluding carboxylic acids is 1. The smallest absolute Gasteiger partial charge is 0.173 e. The van der Waals surface area contributed by atoms with Gasteiger partial charge in [0.1, 0.15) is 12.4 Å². The van der Waals surface area contributed by atoms with Crippen molar-refractivity contribution in [2.75, 3.05) is 6.54 Å². The van der Waals surface area contributed by atoms with Crippen LogP contribution in [0.15, 0.2) is 59.8 Å². The number of Topliss-reactive ketones (excluding diaryl/α,β-unsaturated/α-hetero) is 1. The number of ether oxygens (including phenoxy) is 1. The van der Waals surface area contributed by atoms with Gasteiger partial charge < -0.3 is 15.0 Å². The van der Waals surface area contributed by atoms with Crippen LogP contribution in [-0.2, 0) is 11.4 Å². The SMILES string of the molecule is CCN1C(=S)NC(c2ccc(OCc3ccccc3C)cc2)C2=C1CCCC2=O. The Morgan fingerprint density at radius 2 is 1.90 bits per heavy atom. The van der Waals surface area contributed by atoms with Gasteiger partial charge in [0.25, 0.3) is 0 Å². The fourth-order valence-electron chi connectivity index (χ4n) is 4.12. The molecule has 0 saturated heterocycles. The zero-order valence-electron chi connectivity index (χ0n) is 16.9. The first-order valence-electron chi connectivity index (χ1n) is 10.2. The summed E-state index contributed by atoms with van der Waals surface area (Å²) in [5.74, 6) is 1.04. The number of allylic oxidation sites excluding steroid dienone is 1. The van der Waals surface area contributed by atoms with Crippen LogP contribution in [0.2, 0.25) is 0 Å². The van der Waals surface area contributed by atoms with Crippen molar-refractivity contribution < 1.29 is 9.53 Å². The zero-order valence-corrected chi connectivity index (χ0v) is 17.7. The molecule has 1 N–H and O–H groups in total. The molecule has 0 radical (unpaired) electrons. The van der Waals surface area contributed by atoms with Gasteiger partial charge in [0.15, 0.2) is 10.9 Å². The Labute approximate surface area is 177 Å². The van der Waals surface area contributed by atoms with Gasteiger partial charge in [0, 0.05) is 24.2 Å². The minimum Gasteiger partial charge on any atom is -0.489 e. The number of aryl methyl sites for hydroxylation is 1. The van der Waals surface area contributed by atoms with E-state index in [2.05, 4.69) is 36.2 Å². The maximum absolute atomic E-state index is 12.7. The lowest BCUT2D eigenvalue weighted by Gasteiger charge is -2.40. The Morgan fingerprint density at radius 1 is 1.14 bits per heavy atom. The van der Waals surface area contributed by atoms with Crippen molar-refractivity contribution in [1.82, 2.24) is 10.2 Å². The maximum atomic E-state index is 12.7. The van der Waals surface area contributed by atoms with Crippen LogP contribution >= 0.6 is 12.2 Å². The molecule has 1 unspecified atom stereocenters. The molecule has 0 spiro atoms. The Kier molecular flexibility index (Phi) is 5.67. The van der Waals surface area contributed by atoms with E-state index in [0.717, 1.165) is 42.0 Å². The summed E-state index contributed by atoms with van der Waals surface area (Å²) in [6.45, 7) is 5.47. The van der Waals surface area contributed by atoms with Crippen molar-refractivity contribution >= 4 is 23.1 Å². The largest absolute Gasteiger partial charge is 0.489 e. The van der Waals surface area contributed by atoms with Crippen LogP contribution in [-0.4, -0.2) is 22.3 Å². The van der Waals surface area contributed by atoms with Gasteiger partial charge in [0.05, 0.1) is 6.04 Å². The van der Waals surface area contributed by atoms with Gasteiger partial charge in [0.2, 0.25) is 0 Å².